The monoisotopic (exact) mass is 273 g/mol. The summed E-state index contributed by atoms with van der Waals surface area (Å²) < 4.78 is 4.95. The summed E-state index contributed by atoms with van der Waals surface area (Å²) >= 11 is 0. The van der Waals surface area contributed by atoms with Gasteiger partial charge in [0.15, 0.2) is 5.78 Å². The van der Waals surface area contributed by atoms with Gasteiger partial charge in [-0.1, -0.05) is 18.7 Å². The van der Waals surface area contributed by atoms with Crippen molar-refractivity contribution in [1.82, 2.24) is 0 Å². The summed E-state index contributed by atoms with van der Waals surface area (Å²) in [4.78, 5) is 25.7. The first-order valence-electron chi connectivity index (χ1n) is 6.85. The van der Waals surface area contributed by atoms with Gasteiger partial charge in [-0.15, -0.1) is 0 Å². The van der Waals surface area contributed by atoms with E-state index in [-0.39, 0.29) is 11.8 Å². The van der Waals surface area contributed by atoms with E-state index >= 15 is 0 Å². The Hall–Kier alpha value is -2.10. The Morgan fingerprint density at radius 3 is 2.90 bits per heavy atom. The Morgan fingerprint density at radius 2 is 2.15 bits per heavy atom. The molecule has 4 nitrogen and oxygen atoms in total. The van der Waals surface area contributed by atoms with Crippen LogP contribution in [-0.2, 0) is 9.53 Å². The van der Waals surface area contributed by atoms with Crippen molar-refractivity contribution >= 4 is 17.4 Å². The molecular formula is C16H19NO3. The van der Waals surface area contributed by atoms with Crippen molar-refractivity contribution < 1.29 is 14.3 Å². The molecule has 20 heavy (non-hydrogen) atoms. The summed E-state index contributed by atoms with van der Waals surface area (Å²) in [6.07, 6.45) is 1.32. The lowest BCUT2D eigenvalue weighted by Gasteiger charge is -2.24. The number of esters is 1. The summed E-state index contributed by atoms with van der Waals surface area (Å²) in [6, 6.07) is 7.51. The Balaban J connectivity index is 2.20. The first-order chi connectivity index (χ1) is 9.63. The molecule has 1 aliphatic heterocycles. The molecule has 0 bridgehead atoms. The molecule has 0 aromatic heterocycles. The number of anilines is 1. The van der Waals surface area contributed by atoms with E-state index in [1.54, 1.807) is 6.92 Å². The molecule has 106 valence electrons. The summed E-state index contributed by atoms with van der Waals surface area (Å²) in [5.74, 6) is -0.217. The highest BCUT2D eigenvalue weighted by Crippen LogP contribution is 2.26. The molecule has 0 saturated heterocycles. The Morgan fingerprint density at radius 1 is 1.40 bits per heavy atom. The molecule has 0 atom stereocenters. The normalized spacial score (nSPS) is 14.4. The molecule has 0 unspecified atom stereocenters. The molecule has 0 amide bonds. The number of benzene rings is 1. The van der Waals surface area contributed by atoms with Gasteiger partial charge in [0.05, 0.1) is 6.61 Å². The van der Waals surface area contributed by atoms with Crippen LogP contribution < -0.4 is 4.90 Å². The van der Waals surface area contributed by atoms with Crippen LogP contribution >= 0.6 is 0 Å². The van der Waals surface area contributed by atoms with E-state index in [1.165, 1.54) is 0 Å². The fourth-order valence-electron chi connectivity index (χ4n) is 2.36. The average Bonchev–Trinajstić information content (AvgIpc) is 2.60. The topological polar surface area (TPSA) is 46.6 Å². The van der Waals surface area contributed by atoms with E-state index in [2.05, 4.69) is 6.58 Å². The largest absolute Gasteiger partial charge is 0.463 e. The Kier molecular flexibility index (Phi) is 4.56. The number of nitrogens with zero attached hydrogens (tertiary/aromatic N) is 1. The van der Waals surface area contributed by atoms with Crippen LogP contribution in [0.1, 0.15) is 30.1 Å². The number of ether oxygens (including phenoxy) is 1. The number of hydrogen-bond donors (Lipinski definition) is 0. The summed E-state index contributed by atoms with van der Waals surface area (Å²) in [7, 11) is 0. The molecule has 0 fully saturated rings. The molecule has 0 radical (unpaired) electrons. The van der Waals surface area contributed by atoms with Crippen molar-refractivity contribution in [1.29, 1.82) is 0 Å². The van der Waals surface area contributed by atoms with E-state index in [9.17, 15) is 9.59 Å². The minimum atomic E-state index is -0.374. The van der Waals surface area contributed by atoms with Gasteiger partial charge in [0.2, 0.25) is 0 Å². The van der Waals surface area contributed by atoms with Crippen LogP contribution in [0.15, 0.2) is 36.4 Å². The van der Waals surface area contributed by atoms with Gasteiger partial charge in [-0.2, -0.15) is 0 Å². The van der Waals surface area contributed by atoms with Crippen LogP contribution in [0, 0.1) is 0 Å². The quantitative estimate of drug-likeness (QED) is 0.625. The molecule has 1 aliphatic rings. The molecular weight excluding hydrogens is 254 g/mol. The minimum absolute atomic E-state index is 0.157. The van der Waals surface area contributed by atoms with Gasteiger partial charge in [0, 0.05) is 36.3 Å². The molecule has 1 aromatic rings. The third kappa shape index (κ3) is 3.07. The van der Waals surface area contributed by atoms with E-state index < -0.39 is 0 Å². The summed E-state index contributed by atoms with van der Waals surface area (Å²) in [5.41, 5.74) is 2.01. The van der Waals surface area contributed by atoms with Gasteiger partial charge in [-0.05, 0) is 25.5 Å². The van der Waals surface area contributed by atoms with Crippen molar-refractivity contribution in [3.63, 3.8) is 0 Å². The highest BCUT2D eigenvalue weighted by molar-refractivity contribution is 6.02. The number of Topliss-reactive ketones (excluding diaryl/α,β-unsaturated/α-hetero) is 1. The van der Waals surface area contributed by atoms with Gasteiger partial charge < -0.3 is 9.64 Å². The number of rotatable bonds is 4. The van der Waals surface area contributed by atoms with Crippen molar-refractivity contribution in [2.45, 2.75) is 19.8 Å². The number of ketones is 1. The zero-order valence-electron chi connectivity index (χ0n) is 11.7. The fourth-order valence-corrected chi connectivity index (χ4v) is 2.36. The van der Waals surface area contributed by atoms with Gasteiger partial charge in [-0.25, -0.2) is 4.79 Å². The summed E-state index contributed by atoms with van der Waals surface area (Å²) in [5, 5.41) is 0. The van der Waals surface area contributed by atoms with Crippen LogP contribution in [0.4, 0.5) is 5.69 Å². The van der Waals surface area contributed by atoms with Crippen molar-refractivity contribution in [3.05, 3.63) is 42.0 Å². The van der Waals surface area contributed by atoms with Crippen molar-refractivity contribution in [2.75, 3.05) is 24.6 Å². The van der Waals surface area contributed by atoms with Gasteiger partial charge in [0.1, 0.15) is 0 Å². The van der Waals surface area contributed by atoms with Crippen molar-refractivity contribution in [3.8, 4) is 0 Å². The lowest BCUT2D eigenvalue weighted by atomic mass is 10.1. The van der Waals surface area contributed by atoms with Crippen LogP contribution in [0.5, 0.6) is 0 Å². The molecule has 2 rings (SSSR count). The van der Waals surface area contributed by atoms with E-state index in [4.69, 9.17) is 4.74 Å². The Bertz CT molecular complexity index is 536. The molecule has 0 spiro atoms. The predicted octanol–water partition coefficient (Wildman–Crippen LogP) is 2.59. The van der Waals surface area contributed by atoms with Gasteiger partial charge in [0.25, 0.3) is 0 Å². The zero-order valence-corrected chi connectivity index (χ0v) is 11.7. The summed E-state index contributed by atoms with van der Waals surface area (Å²) in [6.45, 7) is 7.03. The highest BCUT2D eigenvalue weighted by Gasteiger charge is 2.22. The second kappa shape index (κ2) is 6.37. The highest BCUT2D eigenvalue weighted by atomic mass is 16.5. The smallest absolute Gasteiger partial charge is 0.335 e. The third-order valence-electron chi connectivity index (χ3n) is 3.32. The maximum absolute atomic E-state index is 12.0. The van der Waals surface area contributed by atoms with Gasteiger partial charge in [-0.3, -0.25) is 4.79 Å². The molecule has 4 heteroatoms. The molecule has 0 saturated carbocycles. The Labute approximate surface area is 119 Å². The van der Waals surface area contributed by atoms with Crippen LogP contribution in [0.3, 0.4) is 0 Å². The lowest BCUT2D eigenvalue weighted by molar-refractivity contribution is -0.138. The molecule has 0 N–H and O–H groups in total. The number of carbonyl (C=O) groups excluding carboxylic acids is 2. The second-order valence-electron chi connectivity index (χ2n) is 4.79. The standard InChI is InChI=1S/C16H19NO3/c1-3-20-16(19)12(2)11-17-10-6-9-15(18)13-7-4-5-8-14(13)17/h4-5,7-8H,2-3,6,9-11H2,1H3. The van der Waals surface area contributed by atoms with E-state index in [0.29, 0.717) is 25.1 Å². The van der Waals surface area contributed by atoms with E-state index in [0.717, 1.165) is 24.2 Å². The van der Waals surface area contributed by atoms with Crippen molar-refractivity contribution in [2.24, 2.45) is 0 Å². The average molecular weight is 273 g/mol. The fraction of sp³-hybridized carbons (Fsp3) is 0.375. The van der Waals surface area contributed by atoms with E-state index in [1.807, 2.05) is 29.2 Å². The lowest BCUT2D eigenvalue weighted by Crippen LogP contribution is -2.29. The zero-order chi connectivity index (χ0) is 14.5. The number of para-hydroxylation sites is 1. The number of fused-ring (bicyclic) bond motifs is 1. The second-order valence-corrected chi connectivity index (χ2v) is 4.79. The predicted molar refractivity (Wildman–Crippen MR) is 78.0 cm³/mol. The van der Waals surface area contributed by atoms with Crippen LogP contribution in [0.2, 0.25) is 0 Å². The SMILES string of the molecule is C=C(CN1CCCC(=O)c2ccccc21)C(=O)OCC. The maximum atomic E-state index is 12.0. The van der Waals surface area contributed by atoms with Gasteiger partial charge >= 0.3 is 5.97 Å². The first kappa shape index (κ1) is 14.3. The van der Waals surface area contributed by atoms with Crippen LogP contribution in [-0.4, -0.2) is 31.4 Å². The minimum Gasteiger partial charge on any atom is -0.463 e. The first-order valence-corrected chi connectivity index (χ1v) is 6.85. The number of carbonyl (C=O) groups is 2. The molecule has 0 aliphatic carbocycles. The molecule has 1 aromatic carbocycles. The number of hydrogen-bond acceptors (Lipinski definition) is 4. The van der Waals surface area contributed by atoms with Crippen LogP contribution in [0.25, 0.3) is 0 Å². The maximum Gasteiger partial charge on any atom is 0.335 e. The third-order valence-corrected chi connectivity index (χ3v) is 3.32. The molecule has 1 heterocycles.